The van der Waals surface area contributed by atoms with E-state index in [1.807, 2.05) is 0 Å². The molecular weight excluding hydrogens is 339 g/mol. The maximum atomic E-state index is 13.4. The third-order valence-electron chi connectivity index (χ3n) is 4.16. The first kappa shape index (κ1) is 15.8. The van der Waals surface area contributed by atoms with Gasteiger partial charge in [0, 0.05) is 5.39 Å². The van der Waals surface area contributed by atoms with Gasteiger partial charge >= 0.3 is 5.97 Å². The number of rotatable bonds is 2. The van der Waals surface area contributed by atoms with Crippen molar-refractivity contribution in [3.05, 3.63) is 58.1 Å². The summed E-state index contributed by atoms with van der Waals surface area (Å²) in [5, 5.41) is 0.511. The number of methoxy groups -OCH3 is 1. The fraction of sp³-hybridized carbons (Fsp3) is 0.0556. The zero-order valence-electron chi connectivity index (χ0n) is 13.6. The summed E-state index contributed by atoms with van der Waals surface area (Å²) < 4.78 is 18.1. The van der Waals surface area contributed by atoms with Crippen LogP contribution in [0, 0.1) is 5.82 Å². The van der Waals surface area contributed by atoms with E-state index in [-0.39, 0.29) is 17.1 Å². The average molecular weight is 352 g/mol. The van der Waals surface area contributed by atoms with Crippen LogP contribution in [0.4, 0.5) is 10.1 Å². The van der Waals surface area contributed by atoms with Gasteiger partial charge in [0.2, 0.25) is 0 Å². The summed E-state index contributed by atoms with van der Waals surface area (Å²) in [6.45, 7) is 0. The Labute approximate surface area is 145 Å². The smallest absolute Gasteiger partial charge is 0.337 e. The van der Waals surface area contributed by atoms with Crippen molar-refractivity contribution >= 4 is 33.6 Å². The van der Waals surface area contributed by atoms with E-state index < -0.39 is 17.3 Å². The summed E-state index contributed by atoms with van der Waals surface area (Å²) in [6, 6.07) is 8.77. The molecule has 2 aromatic carbocycles. The number of anilines is 1. The Balaban J connectivity index is 1.93. The van der Waals surface area contributed by atoms with E-state index in [4.69, 9.17) is 10.5 Å². The number of nitrogens with one attached hydrogen (secondary N) is 2. The molecule has 8 heteroatoms. The highest BCUT2D eigenvalue weighted by molar-refractivity contribution is 5.98. The van der Waals surface area contributed by atoms with E-state index in [1.54, 1.807) is 18.2 Å². The van der Waals surface area contributed by atoms with Gasteiger partial charge in [0.15, 0.2) is 0 Å². The number of nitrogens with two attached hydrogens (primary N) is 1. The Morgan fingerprint density at radius 2 is 1.96 bits per heavy atom. The zero-order chi connectivity index (χ0) is 18.4. The summed E-state index contributed by atoms with van der Waals surface area (Å²) in [5.74, 6) is -0.695. The summed E-state index contributed by atoms with van der Waals surface area (Å²) in [5.41, 5.74) is 7.77. The average Bonchev–Trinajstić information content (AvgIpc) is 3.03. The van der Waals surface area contributed by atoms with Gasteiger partial charge in [-0.3, -0.25) is 4.79 Å². The number of benzene rings is 2. The van der Waals surface area contributed by atoms with E-state index in [0.29, 0.717) is 27.5 Å². The summed E-state index contributed by atoms with van der Waals surface area (Å²) >= 11 is 0. The van der Waals surface area contributed by atoms with Crippen molar-refractivity contribution in [3.8, 4) is 11.4 Å². The molecule has 0 aliphatic heterocycles. The number of nitrogen functional groups attached to an aromatic ring is 1. The number of hydrogen-bond donors (Lipinski definition) is 3. The van der Waals surface area contributed by atoms with Crippen molar-refractivity contribution in [1.29, 1.82) is 0 Å². The molecule has 0 aliphatic carbocycles. The van der Waals surface area contributed by atoms with Gasteiger partial charge in [-0.05, 0) is 36.4 Å². The molecular formula is C18H13FN4O3. The van der Waals surface area contributed by atoms with Gasteiger partial charge in [-0.1, -0.05) is 0 Å². The molecule has 0 bridgehead atoms. The van der Waals surface area contributed by atoms with Crippen LogP contribution in [-0.2, 0) is 4.74 Å². The molecule has 0 saturated carbocycles. The summed E-state index contributed by atoms with van der Waals surface area (Å²) in [7, 11) is 1.29. The monoisotopic (exact) mass is 352 g/mol. The number of esters is 1. The number of pyridine rings is 1. The number of aromatic nitrogens is 3. The normalized spacial score (nSPS) is 11.2. The largest absolute Gasteiger partial charge is 0.465 e. The maximum absolute atomic E-state index is 13.4. The van der Waals surface area contributed by atoms with Crippen LogP contribution < -0.4 is 11.3 Å². The highest BCUT2D eigenvalue weighted by atomic mass is 19.1. The molecule has 4 rings (SSSR count). The van der Waals surface area contributed by atoms with Crippen molar-refractivity contribution < 1.29 is 13.9 Å². The standard InChI is InChI=1S/C18H13FN4O3/c1-26-18(25)8-2-5-11-13(6-8)22-16(21-11)14-15(20)10-4-3-9(19)7-12(10)23-17(14)24/h2-7H,1H3,(H,21,22)(H3,20,23,24). The predicted molar refractivity (Wildman–Crippen MR) is 95.4 cm³/mol. The molecule has 0 spiro atoms. The van der Waals surface area contributed by atoms with Gasteiger partial charge in [-0.25, -0.2) is 14.2 Å². The first-order valence-electron chi connectivity index (χ1n) is 7.67. The van der Waals surface area contributed by atoms with Crippen LogP contribution in [0.1, 0.15) is 10.4 Å². The fourth-order valence-corrected chi connectivity index (χ4v) is 2.90. The first-order valence-corrected chi connectivity index (χ1v) is 7.67. The minimum Gasteiger partial charge on any atom is -0.465 e. The number of aromatic amines is 2. The van der Waals surface area contributed by atoms with Crippen molar-refractivity contribution in [1.82, 2.24) is 15.0 Å². The highest BCUT2D eigenvalue weighted by Gasteiger charge is 2.17. The van der Waals surface area contributed by atoms with Crippen LogP contribution in [0.3, 0.4) is 0 Å². The molecule has 0 atom stereocenters. The molecule has 130 valence electrons. The Kier molecular flexibility index (Phi) is 3.47. The molecule has 4 aromatic rings. The van der Waals surface area contributed by atoms with Gasteiger partial charge in [0.1, 0.15) is 17.2 Å². The molecule has 7 nitrogen and oxygen atoms in total. The molecule has 0 fully saturated rings. The van der Waals surface area contributed by atoms with Crippen LogP contribution in [0.2, 0.25) is 0 Å². The van der Waals surface area contributed by atoms with Gasteiger partial charge in [0.05, 0.1) is 34.9 Å². The van der Waals surface area contributed by atoms with Gasteiger partial charge in [0.25, 0.3) is 5.56 Å². The molecule has 2 aromatic heterocycles. The third-order valence-corrected chi connectivity index (χ3v) is 4.16. The van der Waals surface area contributed by atoms with Crippen molar-refractivity contribution in [3.63, 3.8) is 0 Å². The third kappa shape index (κ3) is 2.39. The second-order valence-corrected chi connectivity index (χ2v) is 5.74. The highest BCUT2D eigenvalue weighted by Crippen LogP contribution is 2.28. The van der Waals surface area contributed by atoms with Crippen LogP contribution >= 0.6 is 0 Å². The van der Waals surface area contributed by atoms with Crippen LogP contribution in [0.25, 0.3) is 33.3 Å². The summed E-state index contributed by atoms with van der Waals surface area (Å²) in [4.78, 5) is 34.1. The topological polar surface area (TPSA) is 114 Å². The van der Waals surface area contributed by atoms with Crippen molar-refractivity contribution in [2.75, 3.05) is 12.8 Å². The quantitative estimate of drug-likeness (QED) is 0.480. The van der Waals surface area contributed by atoms with Gasteiger partial charge in [-0.2, -0.15) is 0 Å². The number of ether oxygens (including phenoxy) is 1. The van der Waals surface area contributed by atoms with Crippen LogP contribution in [0.15, 0.2) is 41.2 Å². The molecule has 0 unspecified atom stereocenters. The minimum absolute atomic E-state index is 0.153. The van der Waals surface area contributed by atoms with Crippen molar-refractivity contribution in [2.45, 2.75) is 0 Å². The lowest BCUT2D eigenvalue weighted by atomic mass is 10.1. The number of nitrogens with zero attached hydrogens (tertiary/aromatic N) is 1. The lowest BCUT2D eigenvalue weighted by Crippen LogP contribution is -2.13. The second kappa shape index (κ2) is 5.69. The second-order valence-electron chi connectivity index (χ2n) is 5.74. The Morgan fingerprint density at radius 1 is 1.15 bits per heavy atom. The first-order chi connectivity index (χ1) is 12.5. The lowest BCUT2D eigenvalue weighted by molar-refractivity contribution is 0.0601. The number of fused-ring (bicyclic) bond motifs is 2. The van der Waals surface area contributed by atoms with Gasteiger partial charge in [-0.15, -0.1) is 0 Å². The Bertz CT molecular complexity index is 1240. The Hall–Kier alpha value is -3.68. The molecule has 0 saturated heterocycles. The molecule has 2 heterocycles. The molecule has 26 heavy (non-hydrogen) atoms. The number of carbonyl (C=O) groups is 1. The molecule has 0 amide bonds. The van der Waals surface area contributed by atoms with E-state index in [2.05, 4.69) is 15.0 Å². The lowest BCUT2D eigenvalue weighted by Gasteiger charge is -2.06. The number of hydrogen-bond acceptors (Lipinski definition) is 5. The number of imidazole rings is 1. The Morgan fingerprint density at radius 3 is 2.73 bits per heavy atom. The predicted octanol–water partition coefficient (Wildman–Crippen LogP) is 2.58. The van der Waals surface area contributed by atoms with Gasteiger partial charge < -0.3 is 20.4 Å². The molecule has 0 radical (unpaired) electrons. The van der Waals surface area contributed by atoms with Crippen molar-refractivity contribution in [2.24, 2.45) is 0 Å². The van der Waals surface area contributed by atoms with E-state index in [0.717, 1.165) is 0 Å². The van der Waals surface area contributed by atoms with Crippen LogP contribution in [-0.4, -0.2) is 28.0 Å². The number of halogens is 1. The zero-order valence-corrected chi connectivity index (χ0v) is 13.6. The maximum Gasteiger partial charge on any atom is 0.337 e. The van der Waals surface area contributed by atoms with E-state index in [1.165, 1.54) is 25.3 Å². The van der Waals surface area contributed by atoms with E-state index in [9.17, 15) is 14.0 Å². The molecule has 4 N–H and O–H groups in total. The number of carbonyl (C=O) groups excluding carboxylic acids is 1. The molecule has 0 aliphatic rings. The van der Waals surface area contributed by atoms with Crippen LogP contribution in [0.5, 0.6) is 0 Å². The van der Waals surface area contributed by atoms with E-state index >= 15 is 0 Å². The minimum atomic E-state index is -0.493. The fourth-order valence-electron chi connectivity index (χ4n) is 2.90. The number of H-pyrrole nitrogens is 2. The summed E-state index contributed by atoms with van der Waals surface area (Å²) in [6.07, 6.45) is 0. The SMILES string of the molecule is COC(=O)c1ccc2nc(-c3c(N)c4ccc(F)cc4[nH]c3=O)[nH]c2c1.